The van der Waals surface area contributed by atoms with Gasteiger partial charge in [-0.05, 0) is 37.9 Å². The van der Waals surface area contributed by atoms with Gasteiger partial charge in [-0.2, -0.15) is 0 Å². The lowest BCUT2D eigenvalue weighted by Crippen LogP contribution is -2.24. The van der Waals surface area contributed by atoms with Gasteiger partial charge in [-0.25, -0.2) is 8.42 Å². The highest BCUT2D eigenvalue weighted by Gasteiger charge is 2.19. The molecule has 8 heteroatoms. The minimum atomic E-state index is -3.45. The Hall–Kier alpha value is -1.67. The summed E-state index contributed by atoms with van der Waals surface area (Å²) in [4.78, 5) is 10.5. The molecule has 0 spiro atoms. The van der Waals surface area contributed by atoms with Gasteiger partial charge in [-0.3, -0.25) is 10.1 Å². The fraction of sp³-hybridized carbons (Fsp3) is 0.538. The van der Waals surface area contributed by atoms with Gasteiger partial charge < -0.3 is 10.6 Å². The van der Waals surface area contributed by atoms with E-state index in [1.54, 1.807) is 0 Å². The Kier molecular flexibility index (Phi) is 4.79. The molecule has 2 rings (SSSR count). The Labute approximate surface area is 123 Å². The molecule has 7 nitrogen and oxygen atoms in total. The van der Waals surface area contributed by atoms with Crippen molar-refractivity contribution in [1.82, 2.24) is 5.32 Å². The van der Waals surface area contributed by atoms with Gasteiger partial charge in [0.2, 0.25) is 0 Å². The molecule has 21 heavy (non-hydrogen) atoms. The zero-order chi connectivity index (χ0) is 15.5. The van der Waals surface area contributed by atoms with E-state index in [-0.39, 0.29) is 10.6 Å². The summed E-state index contributed by atoms with van der Waals surface area (Å²) in [7, 11) is -3.45. The molecule has 1 unspecified atom stereocenters. The van der Waals surface area contributed by atoms with Crippen molar-refractivity contribution in [2.75, 3.05) is 24.7 Å². The summed E-state index contributed by atoms with van der Waals surface area (Å²) < 4.78 is 22.9. The molecule has 0 aliphatic carbocycles. The smallest absolute Gasteiger partial charge is 0.293 e. The van der Waals surface area contributed by atoms with E-state index in [1.807, 2.05) is 0 Å². The minimum absolute atomic E-state index is 0.0443. The second-order valence-corrected chi connectivity index (χ2v) is 7.23. The summed E-state index contributed by atoms with van der Waals surface area (Å²) in [5.41, 5.74) is 0.141. The van der Waals surface area contributed by atoms with Crippen LogP contribution in [0.1, 0.15) is 19.3 Å². The molecule has 0 aromatic heterocycles. The third kappa shape index (κ3) is 4.15. The Bertz CT molecular complexity index is 624. The van der Waals surface area contributed by atoms with Crippen LogP contribution < -0.4 is 10.6 Å². The molecule has 0 saturated carbocycles. The lowest BCUT2D eigenvalue weighted by molar-refractivity contribution is -0.384. The second kappa shape index (κ2) is 6.40. The highest BCUT2D eigenvalue weighted by atomic mass is 32.2. The standard InChI is InChI=1S/C13H19N3O4S/c1-21(19,20)11-4-5-12(13(9-11)16(17)18)15-8-6-10-3-2-7-14-10/h4-5,9-10,14-15H,2-3,6-8H2,1H3. The van der Waals surface area contributed by atoms with Gasteiger partial charge in [0.25, 0.3) is 5.69 Å². The average Bonchev–Trinajstić information content (AvgIpc) is 2.90. The van der Waals surface area contributed by atoms with Crippen molar-refractivity contribution in [2.24, 2.45) is 0 Å². The monoisotopic (exact) mass is 313 g/mol. The highest BCUT2D eigenvalue weighted by Crippen LogP contribution is 2.27. The number of nitrogens with zero attached hydrogens (tertiary/aromatic N) is 1. The second-order valence-electron chi connectivity index (χ2n) is 5.22. The predicted octanol–water partition coefficient (Wildman–Crippen LogP) is 1.55. The molecule has 1 atom stereocenters. The molecule has 0 bridgehead atoms. The molecule has 1 saturated heterocycles. The Morgan fingerprint density at radius 3 is 2.81 bits per heavy atom. The maximum Gasteiger partial charge on any atom is 0.293 e. The van der Waals surface area contributed by atoms with Gasteiger partial charge in [0.05, 0.1) is 9.82 Å². The SMILES string of the molecule is CS(=O)(=O)c1ccc(NCCC2CCCN2)c([N+](=O)[O-])c1. The summed E-state index contributed by atoms with van der Waals surface area (Å²) in [6.45, 7) is 1.63. The molecular weight excluding hydrogens is 294 g/mol. The number of nitro groups is 1. The van der Waals surface area contributed by atoms with Crippen LogP contribution >= 0.6 is 0 Å². The van der Waals surface area contributed by atoms with Crippen molar-refractivity contribution < 1.29 is 13.3 Å². The van der Waals surface area contributed by atoms with Crippen molar-refractivity contribution in [3.8, 4) is 0 Å². The third-order valence-electron chi connectivity index (χ3n) is 3.56. The molecule has 1 aliphatic heterocycles. The fourth-order valence-corrected chi connectivity index (χ4v) is 3.07. The first-order chi connectivity index (χ1) is 9.88. The van der Waals surface area contributed by atoms with Gasteiger partial charge in [-0.1, -0.05) is 0 Å². The van der Waals surface area contributed by atoms with Crippen LogP contribution in [0, 0.1) is 10.1 Å². The van der Waals surface area contributed by atoms with Crippen molar-refractivity contribution in [1.29, 1.82) is 0 Å². The predicted molar refractivity (Wildman–Crippen MR) is 80.3 cm³/mol. The number of rotatable bonds is 6. The van der Waals surface area contributed by atoms with E-state index >= 15 is 0 Å². The molecule has 1 fully saturated rings. The van der Waals surface area contributed by atoms with Gasteiger partial charge in [0, 0.05) is 24.9 Å². The Morgan fingerprint density at radius 2 is 2.24 bits per heavy atom. The number of nitrogens with one attached hydrogen (secondary N) is 2. The molecular formula is C13H19N3O4S. The van der Waals surface area contributed by atoms with Crippen LogP contribution in [-0.2, 0) is 9.84 Å². The minimum Gasteiger partial charge on any atom is -0.379 e. The zero-order valence-electron chi connectivity index (χ0n) is 11.8. The van der Waals surface area contributed by atoms with Crippen LogP contribution in [0.3, 0.4) is 0 Å². The van der Waals surface area contributed by atoms with Crippen molar-refractivity contribution >= 4 is 21.2 Å². The number of nitro benzene ring substituents is 1. The summed E-state index contributed by atoms with van der Waals surface area (Å²) >= 11 is 0. The van der Waals surface area contributed by atoms with Crippen molar-refractivity contribution in [2.45, 2.75) is 30.2 Å². The third-order valence-corrected chi connectivity index (χ3v) is 4.67. The van der Waals surface area contributed by atoms with E-state index in [4.69, 9.17) is 0 Å². The zero-order valence-corrected chi connectivity index (χ0v) is 12.6. The number of benzene rings is 1. The lowest BCUT2D eigenvalue weighted by Gasteiger charge is -2.12. The first-order valence-electron chi connectivity index (χ1n) is 6.83. The van der Waals surface area contributed by atoms with Crippen LogP contribution in [-0.4, -0.2) is 38.7 Å². The van der Waals surface area contributed by atoms with E-state index in [0.717, 1.165) is 38.1 Å². The van der Waals surface area contributed by atoms with Crippen LogP contribution in [0.2, 0.25) is 0 Å². The first-order valence-corrected chi connectivity index (χ1v) is 8.73. The Morgan fingerprint density at radius 1 is 1.48 bits per heavy atom. The summed E-state index contributed by atoms with van der Waals surface area (Å²) in [5, 5.41) is 17.5. The summed E-state index contributed by atoms with van der Waals surface area (Å²) in [6, 6.07) is 4.40. The highest BCUT2D eigenvalue weighted by molar-refractivity contribution is 7.90. The molecule has 1 aromatic rings. The first kappa shape index (κ1) is 15.7. The number of anilines is 1. The van der Waals surface area contributed by atoms with E-state index in [1.165, 1.54) is 12.1 Å². The van der Waals surface area contributed by atoms with Gasteiger partial charge in [0.15, 0.2) is 9.84 Å². The van der Waals surface area contributed by atoms with Crippen LogP contribution in [0.4, 0.5) is 11.4 Å². The maximum absolute atomic E-state index is 11.5. The average molecular weight is 313 g/mol. The van der Waals surface area contributed by atoms with Crippen LogP contribution in [0.25, 0.3) is 0 Å². The summed E-state index contributed by atoms with van der Waals surface area (Å²) in [5.74, 6) is 0. The van der Waals surface area contributed by atoms with E-state index in [9.17, 15) is 18.5 Å². The molecule has 116 valence electrons. The summed E-state index contributed by atoms with van der Waals surface area (Å²) in [6.07, 6.45) is 4.20. The molecule has 1 aliphatic rings. The van der Waals surface area contributed by atoms with E-state index < -0.39 is 14.8 Å². The lowest BCUT2D eigenvalue weighted by atomic mass is 10.1. The normalized spacial score (nSPS) is 18.6. The van der Waals surface area contributed by atoms with Crippen LogP contribution in [0.15, 0.2) is 23.1 Å². The van der Waals surface area contributed by atoms with Crippen molar-refractivity contribution in [3.05, 3.63) is 28.3 Å². The fourth-order valence-electron chi connectivity index (χ4n) is 2.43. The number of hydrogen-bond acceptors (Lipinski definition) is 6. The molecule has 2 N–H and O–H groups in total. The van der Waals surface area contributed by atoms with Crippen molar-refractivity contribution in [3.63, 3.8) is 0 Å². The quantitative estimate of drug-likeness (QED) is 0.610. The topological polar surface area (TPSA) is 101 Å². The van der Waals surface area contributed by atoms with Gasteiger partial charge >= 0.3 is 0 Å². The van der Waals surface area contributed by atoms with E-state index in [0.29, 0.717) is 18.3 Å². The van der Waals surface area contributed by atoms with E-state index in [2.05, 4.69) is 10.6 Å². The number of sulfone groups is 1. The maximum atomic E-state index is 11.5. The molecule has 1 aromatic carbocycles. The van der Waals surface area contributed by atoms with Gasteiger partial charge in [0.1, 0.15) is 5.69 Å². The largest absolute Gasteiger partial charge is 0.379 e. The van der Waals surface area contributed by atoms with Crippen LogP contribution in [0.5, 0.6) is 0 Å². The number of hydrogen-bond donors (Lipinski definition) is 2. The van der Waals surface area contributed by atoms with Gasteiger partial charge in [-0.15, -0.1) is 0 Å². The molecule has 1 heterocycles. The molecule has 0 radical (unpaired) electrons. The Balaban J connectivity index is 2.09. The molecule has 0 amide bonds.